The highest BCUT2D eigenvalue weighted by atomic mass is 16.5. The Morgan fingerprint density at radius 1 is 0.615 bits per heavy atom. The Morgan fingerprint density at radius 2 is 1.10 bits per heavy atom. The standard InChI is InChI=1S/C36H34O3/c1-3-4-23-36(32-17-11-12-18-35(32)39-2,28-19-21-33(37)30(24-28)26-13-7-5-8-14-26)29-20-22-34(38)31(25-29)27-15-9-6-10-16-27/h5-22,24-25,37-38H,3-4,23H2,1-2H3. The number of aromatic hydroxyl groups is 2. The Morgan fingerprint density at radius 3 is 1.59 bits per heavy atom. The number of unbranched alkanes of at least 4 members (excludes halogenated alkanes) is 1. The third-order valence-corrected chi connectivity index (χ3v) is 7.62. The number of ether oxygens (including phenoxy) is 1. The fourth-order valence-corrected chi connectivity index (χ4v) is 5.64. The first kappa shape index (κ1) is 26.1. The van der Waals surface area contributed by atoms with Crippen molar-refractivity contribution in [3.05, 3.63) is 138 Å². The number of para-hydroxylation sites is 1. The summed E-state index contributed by atoms with van der Waals surface area (Å²) in [5, 5.41) is 21.9. The van der Waals surface area contributed by atoms with E-state index in [1.807, 2.05) is 84.9 Å². The predicted molar refractivity (Wildman–Crippen MR) is 159 cm³/mol. The topological polar surface area (TPSA) is 49.7 Å². The molecule has 196 valence electrons. The molecule has 0 aliphatic heterocycles. The second-order valence-corrected chi connectivity index (χ2v) is 9.91. The molecule has 0 unspecified atom stereocenters. The van der Waals surface area contributed by atoms with Crippen molar-refractivity contribution in [2.24, 2.45) is 0 Å². The van der Waals surface area contributed by atoms with E-state index in [0.29, 0.717) is 0 Å². The van der Waals surface area contributed by atoms with Crippen LogP contribution in [-0.2, 0) is 5.41 Å². The molecule has 0 heterocycles. The maximum Gasteiger partial charge on any atom is 0.123 e. The van der Waals surface area contributed by atoms with Gasteiger partial charge in [0.25, 0.3) is 0 Å². The van der Waals surface area contributed by atoms with E-state index >= 15 is 0 Å². The smallest absolute Gasteiger partial charge is 0.123 e. The molecule has 0 fully saturated rings. The van der Waals surface area contributed by atoms with E-state index in [1.165, 1.54) is 0 Å². The molecular formula is C36H34O3. The molecule has 0 amide bonds. The molecule has 0 saturated carbocycles. The van der Waals surface area contributed by atoms with Gasteiger partial charge in [-0.15, -0.1) is 0 Å². The second-order valence-electron chi connectivity index (χ2n) is 9.91. The number of methoxy groups -OCH3 is 1. The third kappa shape index (κ3) is 5.00. The summed E-state index contributed by atoms with van der Waals surface area (Å²) in [6, 6.07) is 40.0. The Balaban J connectivity index is 1.85. The fraction of sp³-hybridized carbons (Fsp3) is 0.167. The molecule has 0 aromatic heterocycles. The van der Waals surface area contributed by atoms with Gasteiger partial charge < -0.3 is 14.9 Å². The van der Waals surface area contributed by atoms with Gasteiger partial charge in [-0.1, -0.05) is 111 Å². The molecule has 39 heavy (non-hydrogen) atoms. The molecule has 0 aliphatic rings. The number of hydrogen-bond donors (Lipinski definition) is 2. The van der Waals surface area contributed by atoms with E-state index in [4.69, 9.17) is 4.74 Å². The molecule has 3 nitrogen and oxygen atoms in total. The van der Waals surface area contributed by atoms with Gasteiger partial charge in [-0.25, -0.2) is 0 Å². The molecule has 0 radical (unpaired) electrons. The number of hydrogen-bond acceptors (Lipinski definition) is 3. The molecule has 0 saturated heterocycles. The maximum absolute atomic E-state index is 10.9. The van der Waals surface area contributed by atoms with E-state index in [9.17, 15) is 10.2 Å². The van der Waals surface area contributed by atoms with Crippen LogP contribution in [0.25, 0.3) is 22.3 Å². The van der Waals surface area contributed by atoms with Crippen molar-refractivity contribution < 1.29 is 14.9 Å². The van der Waals surface area contributed by atoms with Crippen LogP contribution < -0.4 is 4.74 Å². The summed E-state index contributed by atoms with van der Waals surface area (Å²) in [5.74, 6) is 1.28. The van der Waals surface area contributed by atoms with Crippen LogP contribution in [0.1, 0.15) is 42.9 Å². The minimum atomic E-state index is -0.600. The van der Waals surface area contributed by atoms with Crippen LogP contribution in [-0.4, -0.2) is 17.3 Å². The van der Waals surface area contributed by atoms with Crippen molar-refractivity contribution in [3.63, 3.8) is 0 Å². The van der Waals surface area contributed by atoms with Gasteiger partial charge in [0.15, 0.2) is 0 Å². The van der Waals surface area contributed by atoms with E-state index in [1.54, 1.807) is 19.2 Å². The predicted octanol–water partition coefficient (Wildman–Crippen LogP) is 8.97. The van der Waals surface area contributed by atoms with Gasteiger partial charge in [0.05, 0.1) is 7.11 Å². The van der Waals surface area contributed by atoms with Gasteiger partial charge >= 0.3 is 0 Å². The zero-order valence-electron chi connectivity index (χ0n) is 22.5. The van der Waals surface area contributed by atoms with Crippen LogP contribution in [0.2, 0.25) is 0 Å². The normalized spacial score (nSPS) is 11.3. The summed E-state index contributed by atoms with van der Waals surface area (Å²) >= 11 is 0. The lowest BCUT2D eigenvalue weighted by atomic mass is 9.65. The number of phenolic OH excluding ortho intramolecular Hbond substituents is 2. The van der Waals surface area contributed by atoms with Gasteiger partial charge in [-0.05, 0) is 59.0 Å². The lowest BCUT2D eigenvalue weighted by Crippen LogP contribution is -2.30. The molecule has 5 rings (SSSR count). The maximum atomic E-state index is 10.9. The molecule has 5 aromatic carbocycles. The zero-order chi connectivity index (χ0) is 27.2. The van der Waals surface area contributed by atoms with Gasteiger partial charge in [-0.3, -0.25) is 0 Å². The SMILES string of the molecule is CCCCC(c1ccc(O)c(-c2ccccc2)c1)(c1ccc(O)c(-c2ccccc2)c1)c1ccccc1OC. The van der Waals surface area contributed by atoms with Gasteiger partial charge in [0.1, 0.15) is 17.2 Å². The van der Waals surface area contributed by atoms with Crippen molar-refractivity contribution in [1.82, 2.24) is 0 Å². The molecule has 0 bridgehead atoms. The quantitative estimate of drug-likeness (QED) is 0.193. The average Bonchev–Trinajstić information content (AvgIpc) is 2.99. The van der Waals surface area contributed by atoms with Gasteiger partial charge in [-0.2, -0.15) is 0 Å². The summed E-state index contributed by atoms with van der Waals surface area (Å²) in [4.78, 5) is 0. The van der Waals surface area contributed by atoms with Crippen LogP contribution in [0.4, 0.5) is 0 Å². The molecule has 0 atom stereocenters. The molecule has 2 N–H and O–H groups in total. The highest BCUT2D eigenvalue weighted by Gasteiger charge is 2.39. The Labute approximate surface area is 231 Å². The highest BCUT2D eigenvalue weighted by Crippen LogP contribution is 2.50. The zero-order valence-corrected chi connectivity index (χ0v) is 22.5. The molecule has 3 heteroatoms. The highest BCUT2D eigenvalue weighted by molar-refractivity contribution is 5.75. The van der Waals surface area contributed by atoms with E-state index in [-0.39, 0.29) is 11.5 Å². The van der Waals surface area contributed by atoms with E-state index in [2.05, 4.69) is 31.2 Å². The number of benzene rings is 5. The molecule has 0 aliphatic carbocycles. The molecular weight excluding hydrogens is 480 g/mol. The van der Waals surface area contributed by atoms with Crippen LogP contribution in [0.15, 0.2) is 121 Å². The minimum absolute atomic E-state index is 0.241. The largest absolute Gasteiger partial charge is 0.507 e. The first-order valence-corrected chi connectivity index (χ1v) is 13.5. The molecule has 0 spiro atoms. The van der Waals surface area contributed by atoms with E-state index < -0.39 is 5.41 Å². The summed E-state index contributed by atoms with van der Waals surface area (Å²) < 4.78 is 5.95. The van der Waals surface area contributed by atoms with Gasteiger partial charge in [0.2, 0.25) is 0 Å². The van der Waals surface area contributed by atoms with Gasteiger partial charge in [0, 0.05) is 22.1 Å². The lowest BCUT2D eigenvalue weighted by Gasteiger charge is -2.38. The monoisotopic (exact) mass is 514 g/mol. The number of rotatable bonds is 9. The third-order valence-electron chi connectivity index (χ3n) is 7.62. The minimum Gasteiger partial charge on any atom is -0.507 e. The van der Waals surface area contributed by atoms with Crippen molar-refractivity contribution in [2.75, 3.05) is 7.11 Å². The number of phenols is 2. The summed E-state index contributed by atoms with van der Waals surface area (Å²) in [6.07, 6.45) is 2.81. The first-order valence-electron chi connectivity index (χ1n) is 13.5. The van der Waals surface area contributed by atoms with Crippen molar-refractivity contribution >= 4 is 0 Å². The average molecular weight is 515 g/mol. The lowest BCUT2D eigenvalue weighted by molar-refractivity contribution is 0.395. The van der Waals surface area contributed by atoms with Crippen LogP contribution in [0.5, 0.6) is 17.2 Å². The van der Waals surface area contributed by atoms with E-state index in [0.717, 1.165) is 64.0 Å². The van der Waals surface area contributed by atoms with Crippen molar-refractivity contribution in [3.8, 4) is 39.5 Å². The summed E-state index contributed by atoms with van der Waals surface area (Å²) in [6.45, 7) is 2.20. The second kappa shape index (κ2) is 11.5. The Bertz CT molecular complexity index is 1450. The fourth-order valence-electron chi connectivity index (χ4n) is 5.64. The van der Waals surface area contributed by atoms with Crippen molar-refractivity contribution in [2.45, 2.75) is 31.6 Å². The van der Waals surface area contributed by atoms with Crippen LogP contribution in [0.3, 0.4) is 0 Å². The van der Waals surface area contributed by atoms with Crippen molar-refractivity contribution in [1.29, 1.82) is 0 Å². The first-order chi connectivity index (χ1) is 19.1. The Hall–Kier alpha value is -4.50. The molecule has 5 aromatic rings. The summed E-state index contributed by atoms with van der Waals surface area (Å²) in [7, 11) is 1.71. The summed E-state index contributed by atoms with van der Waals surface area (Å²) in [5.41, 5.74) is 6.04. The van der Waals surface area contributed by atoms with Crippen LogP contribution in [0, 0.1) is 0 Å². The van der Waals surface area contributed by atoms with Crippen LogP contribution >= 0.6 is 0 Å². The Kier molecular flexibility index (Phi) is 7.69.